The number of halogens is 3. The number of rotatable bonds is 2. The van der Waals surface area contributed by atoms with Crippen molar-refractivity contribution in [3.63, 3.8) is 0 Å². The molecule has 0 atom stereocenters. The lowest BCUT2D eigenvalue weighted by Crippen LogP contribution is -2.51. The number of aliphatic hydroxyl groups is 1. The van der Waals surface area contributed by atoms with Crippen molar-refractivity contribution >= 4 is 5.91 Å². The van der Waals surface area contributed by atoms with Gasteiger partial charge >= 0.3 is 0 Å². The van der Waals surface area contributed by atoms with Crippen molar-refractivity contribution in [2.75, 3.05) is 19.7 Å². The number of likely N-dealkylation sites (tertiary alicyclic amines) is 1. The van der Waals surface area contributed by atoms with E-state index in [1.165, 1.54) is 4.90 Å². The third-order valence-electron chi connectivity index (χ3n) is 2.73. The van der Waals surface area contributed by atoms with Gasteiger partial charge in [-0.1, -0.05) is 0 Å². The van der Waals surface area contributed by atoms with Crippen LogP contribution in [0.4, 0.5) is 13.2 Å². The summed E-state index contributed by atoms with van der Waals surface area (Å²) in [4.78, 5) is 13.0. The average molecular weight is 245 g/mol. The minimum Gasteiger partial charge on any atom is -0.396 e. The standard InChI is InChI=1S/C11H10F3NO2/c12-8-1-7(2-9(13)10(8)14)11(17)15-3-6(4-15)5-16/h1-2,6,16H,3-5H2. The molecule has 1 saturated heterocycles. The number of benzene rings is 1. The van der Waals surface area contributed by atoms with Gasteiger partial charge in [-0.25, -0.2) is 13.2 Å². The van der Waals surface area contributed by atoms with Gasteiger partial charge in [0.25, 0.3) is 5.91 Å². The van der Waals surface area contributed by atoms with E-state index in [1.807, 2.05) is 0 Å². The molecular formula is C11H10F3NO2. The van der Waals surface area contributed by atoms with Crippen LogP contribution in [0.15, 0.2) is 12.1 Å². The fourth-order valence-electron chi connectivity index (χ4n) is 1.71. The highest BCUT2D eigenvalue weighted by Gasteiger charge is 2.31. The molecule has 2 rings (SSSR count). The molecule has 1 fully saturated rings. The van der Waals surface area contributed by atoms with Gasteiger partial charge in [0.1, 0.15) is 0 Å². The van der Waals surface area contributed by atoms with Crippen LogP contribution in [-0.2, 0) is 0 Å². The molecule has 1 N–H and O–H groups in total. The molecule has 3 nitrogen and oxygen atoms in total. The number of hydrogen-bond acceptors (Lipinski definition) is 2. The summed E-state index contributed by atoms with van der Waals surface area (Å²) in [5, 5.41) is 8.77. The second-order valence-corrected chi connectivity index (χ2v) is 4.01. The monoisotopic (exact) mass is 245 g/mol. The topological polar surface area (TPSA) is 40.5 Å². The number of carbonyl (C=O) groups is 1. The van der Waals surface area contributed by atoms with Gasteiger partial charge in [-0.05, 0) is 12.1 Å². The zero-order valence-electron chi connectivity index (χ0n) is 8.79. The van der Waals surface area contributed by atoms with Crippen LogP contribution in [0.25, 0.3) is 0 Å². The van der Waals surface area contributed by atoms with Gasteiger partial charge in [-0.2, -0.15) is 0 Å². The predicted octanol–water partition coefficient (Wildman–Crippen LogP) is 1.17. The van der Waals surface area contributed by atoms with Crippen molar-refractivity contribution in [2.24, 2.45) is 5.92 Å². The Morgan fingerprint density at radius 3 is 2.29 bits per heavy atom. The summed E-state index contributed by atoms with van der Waals surface area (Å²) in [6.45, 7) is 0.655. The number of nitrogens with zero attached hydrogens (tertiary/aromatic N) is 1. The van der Waals surface area contributed by atoms with Crippen molar-refractivity contribution in [3.8, 4) is 0 Å². The minimum absolute atomic E-state index is 0.00842. The van der Waals surface area contributed by atoms with Gasteiger partial charge in [-0.3, -0.25) is 4.79 Å². The van der Waals surface area contributed by atoms with Gasteiger partial charge in [0.05, 0.1) is 0 Å². The Balaban J connectivity index is 2.16. The van der Waals surface area contributed by atoms with E-state index < -0.39 is 23.4 Å². The largest absolute Gasteiger partial charge is 0.396 e. The van der Waals surface area contributed by atoms with Gasteiger partial charge in [0, 0.05) is 31.2 Å². The lowest BCUT2D eigenvalue weighted by atomic mass is 10.00. The lowest BCUT2D eigenvalue weighted by Gasteiger charge is -2.38. The van der Waals surface area contributed by atoms with Crippen molar-refractivity contribution in [1.82, 2.24) is 4.90 Å². The molecule has 1 aromatic rings. The van der Waals surface area contributed by atoms with E-state index in [0.717, 1.165) is 0 Å². The summed E-state index contributed by atoms with van der Waals surface area (Å²) in [5.74, 6) is -4.90. The smallest absolute Gasteiger partial charge is 0.254 e. The zero-order chi connectivity index (χ0) is 12.6. The maximum atomic E-state index is 12.9. The number of carbonyl (C=O) groups excluding carboxylic acids is 1. The van der Waals surface area contributed by atoms with Gasteiger partial charge < -0.3 is 10.0 Å². The maximum Gasteiger partial charge on any atom is 0.254 e. The van der Waals surface area contributed by atoms with Gasteiger partial charge in [0.2, 0.25) is 0 Å². The molecule has 1 amide bonds. The molecule has 0 aromatic heterocycles. The zero-order valence-corrected chi connectivity index (χ0v) is 8.79. The molecule has 0 spiro atoms. The predicted molar refractivity (Wildman–Crippen MR) is 52.8 cm³/mol. The molecule has 1 heterocycles. The van der Waals surface area contributed by atoms with Crippen LogP contribution in [0.2, 0.25) is 0 Å². The molecule has 0 saturated carbocycles. The summed E-state index contributed by atoms with van der Waals surface area (Å²) in [6.07, 6.45) is 0. The van der Waals surface area contributed by atoms with Crippen LogP contribution in [0, 0.1) is 23.4 Å². The van der Waals surface area contributed by atoms with E-state index in [2.05, 4.69) is 0 Å². The first-order valence-corrected chi connectivity index (χ1v) is 5.07. The highest BCUT2D eigenvalue weighted by molar-refractivity contribution is 5.94. The number of hydrogen-bond donors (Lipinski definition) is 1. The van der Waals surface area contributed by atoms with E-state index in [1.54, 1.807) is 0 Å². The van der Waals surface area contributed by atoms with Crippen molar-refractivity contribution in [3.05, 3.63) is 35.1 Å². The first-order chi connectivity index (χ1) is 8.02. The Labute approximate surface area is 95.5 Å². The summed E-state index contributed by atoms with van der Waals surface area (Å²) in [7, 11) is 0. The summed E-state index contributed by atoms with van der Waals surface area (Å²) < 4.78 is 38.5. The molecule has 6 heteroatoms. The van der Waals surface area contributed by atoms with Crippen molar-refractivity contribution in [2.45, 2.75) is 0 Å². The van der Waals surface area contributed by atoms with Crippen LogP contribution >= 0.6 is 0 Å². The summed E-state index contributed by atoms with van der Waals surface area (Å²) >= 11 is 0. The third-order valence-corrected chi connectivity index (χ3v) is 2.73. The summed E-state index contributed by atoms with van der Waals surface area (Å²) in [5.41, 5.74) is -0.224. The van der Waals surface area contributed by atoms with Crippen LogP contribution in [-0.4, -0.2) is 35.6 Å². The average Bonchev–Trinajstić information content (AvgIpc) is 2.23. The second-order valence-electron chi connectivity index (χ2n) is 4.01. The Morgan fingerprint density at radius 1 is 1.29 bits per heavy atom. The first kappa shape index (κ1) is 11.9. The molecule has 1 aromatic carbocycles. The molecule has 1 aliphatic rings. The van der Waals surface area contributed by atoms with Crippen LogP contribution < -0.4 is 0 Å². The van der Waals surface area contributed by atoms with E-state index in [-0.39, 0.29) is 18.1 Å². The van der Waals surface area contributed by atoms with Gasteiger partial charge in [-0.15, -0.1) is 0 Å². The maximum absolute atomic E-state index is 12.9. The molecule has 92 valence electrons. The van der Waals surface area contributed by atoms with E-state index in [4.69, 9.17) is 5.11 Å². The lowest BCUT2D eigenvalue weighted by molar-refractivity contribution is 0.0361. The molecule has 0 bridgehead atoms. The normalized spacial score (nSPS) is 15.9. The van der Waals surface area contributed by atoms with Crippen molar-refractivity contribution in [1.29, 1.82) is 0 Å². The Hall–Kier alpha value is -1.56. The van der Waals surface area contributed by atoms with Crippen LogP contribution in [0.5, 0.6) is 0 Å². The van der Waals surface area contributed by atoms with Gasteiger partial charge in [0.15, 0.2) is 17.5 Å². The SMILES string of the molecule is O=C(c1cc(F)c(F)c(F)c1)N1CC(CO)C1. The first-order valence-electron chi connectivity index (χ1n) is 5.07. The highest BCUT2D eigenvalue weighted by Crippen LogP contribution is 2.20. The van der Waals surface area contributed by atoms with E-state index >= 15 is 0 Å². The fraction of sp³-hybridized carbons (Fsp3) is 0.364. The fourth-order valence-corrected chi connectivity index (χ4v) is 1.71. The molecule has 17 heavy (non-hydrogen) atoms. The Bertz CT molecular complexity index is 435. The minimum atomic E-state index is -1.58. The highest BCUT2D eigenvalue weighted by atomic mass is 19.2. The number of amides is 1. The molecular weight excluding hydrogens is 235 g/mol. The molecule has 1 aliphatic heterocycles. The third kappa shape index (κ3) is 2.12. The molecule has 0 aliphatic carbocycles. The van der Waals surface area contributed by atoms with E-state index in [9.17, 15) is 18.0 Å². The van der Waals surface area contributed by atoms with E-state index in [0.29, 0.717) is 25.2 Å². The second kappa shape index (κ2) is 4.37. The Kier molecular flexibility index (Phi) is 3.06. The van der Waals surface area contributed by atoms with Crippen LogP contribution in [0.3, 0.4) is 0 Å². The van der Waals surface area contributed by atoms with Crippen LogP contribution in [0.1, 0.15) is 10.4 Å². The molecule has 0 unspecified atom stereocenters. The number of aliphatic hydroxyl groups excluding tert-OH is 1. The molecule has 0 radical (unpaired) electrons. The summed E-state index contributed by atoms with van der Waals surface area (Å²) in [6, 6.07) is 1.35. The van der Waals surface area contributed by atoms with Crippen molar-refractivity contribution < 1.29 is 23.1 Å². The quantitative estimate of drug-likeness (QED) is 0.794. The Morgan fingerprint density at radius 2 is 1.82 bits per heavy atom.